The number of hydrogen-bond acceptors (Lipinski definition) is 5. The van der Waals surface area contributed by atoms with Gasteiger partial charge in [-0.15, -0.1) is 0 Å². The van der Waals surface area contributed by atoms with Gasteiger partial charge in [-0.25, -0.2) is 9.59 Å². The van der Waals surface area contributed by atoms with Crippen molar-refractivity contribution in [1.82, 2.24) is 0 Å². The Balaban J connectivity index is 2.08. The topological polar surface area (TPSA) is 61.8 Å². The maximum atomic E-state index is 11.5. The molecule has 0 aliphatic rings. The Morgan fingerprint density at radius 3 is 2.43 bits per heavy atom. The van der Waals surface area contributed by atoms with E-state index in [1.165, 1.54) is 12.8 Å². The van der Waals surface area contributed by atoms with Crippen LogP contribution in [-0.2, 0) is 19.1 Å². The van der Waals surface area contributed by atoms with Gasteiger partial charge in [0.1, 0.15) is 19.0 Å². The fourth-order valence-electron chi connectivity index (χ4n) is 1.83. The van der Waals surface area contributed by atoms with Crippen LogP contribution in [0.25, 0.3) is 0 Å². The first-order valence-corrected chi connectivity index (χ1v) is 8.20. The molecule has 0 bridgehead atoms. The maximum absolute atomic E-state index is 11.5. The van der Waals surface area contributed by atoms with Gasteiger partial charge in [-0.3, -0.25) is 0 Å². The molecule has 1 aromatic rings. The SMILES string of the molecule is CCCCCCCOC(=O)COCC(=O)Oc1ccccc1Cl. The molecule has 0 aliphatic carbocycles. The summed E-state index contributed by atoms with van der Waals surface area (Å²) >= 11 is 5.86. The molecule has 1 aromatic carbocycles. The summed E-state index contributed by atoms with van der Waals surface area (Å²) in [5, 5.41) is 0.336. The molecule has 0 saturated carbocycles. The van der Waals surface area contributed by atoms with Gasteiger partial charge in [0.2, 0.25) is 0 Å². The first-order chi connectivity index (χ1) is 11.1. The molecule has 0 radical (unpaired) electrons. The number of para-hydroxylation sites is 1. The molecule has 0 unspecified atom stereocenters. The van der Waals surface area contributed by atoms with Crippen LogP contribution in [-0.4, -0.2) is 31.8 Å². The van der Waals surface area contributed by atoms with Gasteiger partial charge in [0.05, 0.1) is 11.6 Å². The Labute approximate surface area is 141 Å². The van der Waals surface area contributed by atoms with E-state index in [0.717, 1.165) is 19.3 Å². The summed E-state index contributed by atoms with van der Waals surface area (Å²) in [7, 11) is 0. The molecule has 0 atom stereocenters. The molecule has 5 nitrogen and oxygen atoms in total. The Bertz CT molecular complexity index is 490. The van der Waals surface area contributed by atoms with Crippen molar-refractivity contribution in [2.45, 2.75) is 39.0 Å². The zero-order chi connectivity index (χ0) is 16.9. The number of carbonyl (C=O) groups is 2. The smallest absolute Gasteiger partial charge is 0.337 e. The molecular weight excluding hydrogens is 320 g/mol. The van der Waals surface area contributed by atoms with Gasteiger partial charge in [-0.2, -0.15) is 0 Å². The number of esters is 2. The zero-order valence-electron chi connectivity index (χ0n) is 13.4. The summed E-state index contributed by atoms with van der Waals surface area (Å²) in [6.45, 7) is 1.92. The van der Waals surface area contributed by atoms with Gasteiger partial charge in [0, 0.05) is 0 Å². The minimum absolute atomic E-state index is 0.262. The van der Waals surface area contributed by atoms with Crippen molar-refractivity contribution in [3.63, 3.8) is 0 Å². The summed E-state index contributed by atoms with van der Waals surface area (Å²) in [4.78, 5) is 23.0. The summed E-state index contributed by atoms with van der Waals surface area (Å²) in [6, 6.07) is 6.62. The van der Waals surface area contributed by atoms with Crippen LogP contribution in [0, 0.1) is 0 Å². The first kappa shape index (κ1) is 19.5. The van der Waals surface area contributed by atoms with Gasteiger partial charge < -0.3 is 14.2 Å². The average Bonchev–Trinajstić information content (AvgIpc) is 2.53. The third-order valence-corrected chi connectivity index (χ3v) is 3.32. The van der Waals surface area contributed by atoms with Crippen LogP contribution >= 0.6 is 11.6 Å². The van der Waals surface area contributed by atoms with Crippen molar-refractivity contribution in [1.29, 1.82) is 0 Å². The standard InChI is InChI=1S/C17H23ClO5/c1-2-3-4-5-8-11-22-16(19)12-21-13-17(20)23-15-10-7-6-9-14(15)18/h6-7,9-10H,2-5,8,11-13H2,1H3. The molecule has 128 valence electrons. The number of hydrogen-bond donors (Lipinski definition) is 0. The second-order valence-corrected chi connectivity index (χ2v) is 5.44. The molecule has 0 N–H and O–H groups in total. The van der Waals surface area contributed by atoms with Crippen LogP contribution in [0.2, 0.25) is 5.02 Å². The lowest BCUT2D eigenvalue weighted by Crippen LogP contribution is -2.20. The van der Waals surface area contributed by atoms with Crippen molar-refractivity contribution in [3.8, 4) is 5.75 Å². The molecule has 0 aromatic heterocycles. The minimum Gasteiger partial charge on any atom is -0.464 e. The van der Waals surface area contributed by atoms with E-state index in [4.69, 9.17) is 25.8 Å². The summed E-state index contributed by atoms with van der Waals surface area (Å²) in [5.74, 6) is -0.839. The quantitative estimate of drug-likeness (QED) is 0.348. The first-order valence-electron chi connectivity index (χ1n) is 7.82. The van der Waals surface area contributed by atoms with Gasteiger partial charge in [-0.05, 0) is 18.6 Å². The third kappa shape index (κ3) is 9.21. The third-order valence-electron chi connectivity index (χ3n) is 3.01. The molecular formula is C17H23ClO5. The van der Waals surface area contributed by atoms with Gasteiger partial charge in [0.25, 0.3) is 0 Å². The van der Waals surface area contributed by atoms with E-state index in [-0.39, 0.29) is 19.0 Å². The second kappa shape index (κ2) is 11.9. The van der Waals surface area contributed by atoms with Crippen LogP contribution in [0.15, 0.2) is 24.3 Å². The van der Waals surface area contributed by atoms with E-state index in [1.807, 2.05) is 0 Å². The van der Waals surface area contributed by atoms with Crippen LogP contribution in [0.1, 0.15) is 39.0 Å². The van der Waals surface area contributed by atoms with Crippen molar-refractivity contribution in [2.75, 3.05) is 19.8 Å². The van der Waals surface area contributed by atoms with Crippen molar-refractivity contribution in [2.24, 2.45) is 0 Å². The number of rotatable bonds is 11. The zero-order valence-corrected chi connectivity index (χ0v) is 14.1. The average molecular weight is 343 g/mol. The highest BCUT2D eigenvalue weighted by Crippen LogP contribution is 2.23. The Kier molecular flexibility index (Phi) is 10.1. The Morgan fingerprint density at radius 2 is 1.70 bits per heavy atom. The molecule has 0 heterocycles. The number of ether oxygens (including phenoxy) is 3. The highest BCUT2D eigenvalue weighted by molar-refractivity contribution is 6.32. The molecule has 6 heteroatoms. The van der Waals surface area contributed by atoms with Crippen molar-refractivity contribution >= 4 is 23.5 Å². The number of halogens is 1. The van der Waals surface area contributed by atoms with E-state index < -0.39 is 11.9 Å². The lowest BCUT2D eigenvalue weighted by molar-refractivity contribution is -0.152. The van der Waals surface area contributed by atoms with Crippen molar-refractivity contribution in [3.05, 3.63) is 29.3 Å². The fourth-order valence-corrected chi connectivity index (χ4v) is 2.00. The Hall–Kier alpha value is -1.59. The number of carbonyl (C=O) groups excluding carboxylic acids is 2. The normalized spacial score (nSPS) is 10.3. The molecule has 0 amide bonds. The predicted octanol–water partition coefficient (Wildman–Crippen LogP) is 3.78. The largest absolute Gasteiger partial charge is 0.464 e. The highest BCUT2D eigenvalue weighted by atomic mass is 35.5. The van der Waals surface area contributed by atoms with E-state index in [1.54, 1.807) is 24.3 Å². The van der Waals surface area contributed by atoms with Crippen LogP contribution in [0.4, 0.5) is 0 Å². The van der Waals surface area contributed by atoms with Crippen molar-refractivity contribution < 1.29 is 23.8 Å². The summed E-state index contributed by atoms with van der Waals surface area (Å²) in [6.07, 6.45) is 5.42. The summed E-state index contributed by atoms with van der Waals surface area (Å²) in [5.41, 5.74) is 0. The van der Waals surface area contributed by atoms with Crippen LogP contribution in [0.3, 0.4) is 0 Å². The van der Waals surface area contributed by atoms with E-state index in [9.17, 15) is 9.59 Å². The van der Waals surface area contributed by atoms with E-state index >= 15 is 0 Å². The van der Waals surface area contributed by atoms with Gasteiger partial charge >= 0.3 is 11.9 Å². The molecule has 0 spiro atoms. The summed E-state index contributed by atoms with van der Waals surface area (Å²) < 4.78 is 15.0. The molecule has 0 saturated heterocycles. The monoisotopic (exact) mass is 342 g/mol. The molecule has 0 fully saturated rings. The van der Waals surface area contributed by atoms with Crippen LogP contribution in [0.5, 0.6) is 5.75 Å². The highest BCUT2D eigenvalue weighted by Gasteiger charge is 2.10. The van der Waals surface area contributed by atoms with Gasteiger partial charge in [-0.1, -0.05) is 56.3 Å². The minimum atomic E-state index is -0.620. The second-order valence-electron chi connectivity index (χ2n) is 5.03. The number of benzene rings is 1. The van der Waals surface area contributed by atoms with E-state index in [0.29, 0.717) is 11.6 Å². The van der Waals surface area contributed by atoms with E-state index in [2.05, 4.69) is 6.92 Å². The predicted molar refractivity (Wildman–Crippen MR) is 87.6 cm³/mol. The molecule has 23 heavy (non-hydrogen) atoms. The van der Waals surface area contributed by atoms with Gasteiger partial charge in [0.15, 0.2) is 0 Å². The maximum Gasteiger partial charge on any atom is 0.337 e. The fraction of sp³-hybridized carbons (Fsp3) is 0.529. The molecule has 0 aliphatic heterocycles. The van der Waals surface area contributed by atoms with Crippen LogP contribution < -0.4 is 4.74 Å². The molecule has 1 rings (SSSR count). The lowest BCUT2D eigenvalue weighted by Gasteiger charge is -2.07. The lowest BCUT2D eigenvalue weighted by atomic mass is 10.2. The number of unbranched alkanes of at least 4 members (excludes halogenated alkanes) is 4. The Morgan fingerprint density at radius 1 is 1.00 bits per heavy atom.